The highest BCUT2D eigenvalue weighted by Crippen LogP contribution is 2.43. The van der Waals surface area contributed by atoms with Gasteiger partial charge in [0.2, 0.25) is 5.13 Å². The highest BCUT2D eigenvalue weighted by Gasteiger charge is 2.24. The Kier molecular flexibility index (Phi) is 8.99. The maximum atomic E-state index is 14.0. The number of allylic oxidation sites excluding steroid dienone is 1. The molecule has 10 heteroatoms. The highest BCUT2D eigenvalue weighted by molar-refractivity contribution is 8.01. The van der Waals surface area contributed by atoms with Crippen LogP contribution in [-0.2, 0) is 4.79 Å². The zero-order valence-electron chi connectivity index (χ0n) is 19.5. The number of aliphatic carboxylic acids is 1. The first-order valence-electron chi connectivity index (χ1n) is 10.7. The van der Waals surface area contributed by atoms with E-state index in [4.69, 9.17) is 28.9 Å². The highest BCUT2D eigenvalue weighted by atomic mass is 35.5. The van der Waals surface area contributed by atoms with Gasteiger partial charge in [-0.3, -0.25) is 0 Å². The molecule has 0 aliphatic rings. The van der Waals surface area contributed by atoms with Crippen LogP contribution in [0, 0.1) is 11.7 Å². The van der Waals surface area contributed by atoms with E-state index in [0.717, 1.165) is 9.77 Å². The van der Waals surface area contributed by atoms with Crippen LogP contribution >= 0.6 is 46.3 Å². The van der Waals surface area contributed by atoms with Gasteiger partial charge in [-0.05, 0) is 35.7 Å². The molecule has 1 heterocycles. The van der Waals surface area contributed by atoms with E-state index in [9.17, 15) is 14.3 Å². The molecule has 0 aliphatic heterocycles. The van der Waals surface area contributed by atoms with Gasteiger partial charge in [0.25, 0.3) is 0 Å². The van der Waals surface area contributed by atoms with Crippen LogP contribution in [-0.4, -0.2) is 27.0 Å². The zero-order valence-corrected chi connectivity index (χ0v) is 22.6. The van der Waals surface area contributed by atoms with Crippen molar-refractivity contribution in [3.8, 4) is 11.3 Å². The van der Waals surface area contributed by atoms with Crippen molar-refractivity contribution in [3.63, 3.8) is 0 Å². The molecule has 3 N–H and O–H groups in total. The van der Waals surface area contributed by atoms with Gasteiger partial charge >= 0.3 is 5.97 Å². The van der Waals surface area contributed by atoms with Gasteiger partial charge < -0.3 is 10.8 Å². The van der Waals surface area contributed by atoms with Crippen LogP contribution in [0.4, 0.5) is 9.52 Å². The van der Waals surface area contributed by atoms with Crippen LogP contribution in [0.25, 0.3) is 16.8 Å². The molecule has 184 valence electrons. The summed E-state index contributed by atoms with van der Waals surface area (Å²) in [6.45, 7) is 7.75. The Morgan fingerprint density at radius 3 is 2.43 bits per heavy atom. The summed E-state index contributed by atoms with van der Waals surface area (Å²) in [5.74, 6) is -2.00. The normalized spacial score (nSPS) is 12.9. The molecule has 0 bridgehead atoms. The maximum Gasteiger partial charge on any atom is 0.355 e. The number of carbonyl (C=O) groups is 1. The Balaban J connectivity index is 2.23. The number of aromatic nitrogens is 1. The number of rotatable bonds is 8. The van der Waals surface area contributed by atoms with E-state index < -0.39 is 11.8 Å². The first-order chi connectivity index (χ1) is 16.5. The molecular formula is C25H24Cl2FN3O2S2. The molecule has 3 rings (SSSR count). The summed E-state index contributed by atoms with van der Waals surface area (Å²) in [6.07, 6.45) is 0. The number of hydrogen-bond acceptors (Lipinski definition) is 6. The Hall–Kier alpha value is -2.39. The summed E-state index contributed by atoms with van der Waals surface area (Å²) in [4.78, 5) is 21.4. The van der Waals surface area contributed by atoms with E-state index in [1.807, 2.05) is 27.7 Å². The van der Waals surface area contributed by atoms with Gasteiger partial charge in [0.15, 0.2) is 5.71 Å². The number of carboxylic acid groups (broad SMARTS) is 1. The third-order valence-electron chi connectivity index (χ3n) is 4.79. The number of benzene rings is 2. The monoisotopic (exact) mass is 551 g/mol. The van der Waals surface area contributed by atoms with Gasteiger partial charge in [-0.2, -0.15) is 0 Å². The number of nitrogens with two attached hydrogens (primary N) is 1. The number of halogens is 3. The zero-order chi connectivity index (χ0) is 25.9. The van der Waals surface area contributed by atoms with E-state index in [-0.39, 0.29) is 33.3 Å². The molecular weight excluding hydrogens is 528 g/mol. The number of thioether (sulfide) groups is 1. The standard InChI is InChI=1S/C25H24Cl2FN3O2S2/c1-12(2)20(29)19(14-6-5-7-16(28)10-14)22(23(32)33)31-25-30-21(24(35-25)34-13(3)4)15-8-9-17(26)18(27)11-15/h5-13H,29H2,1-4H3,(H,32,33). The minimum atomic E-state index is -1.29. The van der Waals surface area contributed by atoms with Crippen LogP contribution in [0.1, 0.15) is 33.3 Å². The third kappa shape index (κ3) is 6.64. The Bertz CT molecular complexity index is 1320. The van der Waals surface area contributed by atoms with Crippen molar-refractivity contribution < 1.29 is 14.3 Å². The van der Waals surface area contributed by atoms with Gasteiger partial charge in [0.1, 0.15) is 5.82 Å². The maximum absolute atomic E-state index is 14.0. The summed E-state index contributed by atoms with van der Waals surface area (Å²) >= 11 is 15.1. The van der Waals surface area contributed by atoms with Crippen LogP contribution in [0.5, 0.6) is 0 Å². The van der Waals surface area contributed by atoms with Crippen molar-refractivity contribution in [2.24, 2.45) is 16.6 Å². The van der Waals surface area contributed by atoms with Crippen LogP contribution in [0.2, 0.25) is 10.0 Å². The van der Waals surface area contributed by atoms with Crippen molar-refractivity contribution in [1.82, 2.24) is 4.98 Å². The molecule has 0 saturated carbocycles. The largest absolute Gasteiger partial charge is 0.476 e. The fourth-order valence-corrected chi connectivity index (χ4v) is 5.84. The van der Waals surface area contributed by atoms with Gasteiger partial charge in [-0.1, -0.05) is 80.4 Å². The molecule has 0 spiro atoms. The summed E-state index contributed by atoms with van der Waals surface area (Å²) in [5.41, 5.74) is 8.16. The van der Waals surface area contributed by atoms with Crippen molar-refractivity contribution in [1.29, 1.82) is 0 Å². The fraction of sp³-hybridized carbons (Fsp3) is 0.240. The molecule has 0 aliphatic carbocycles. The summed E-state index contributed by atoms with van der Waals surface area (Å²) in [5, 5.41) is 11.4. The number of hydrogen-bond donors (Lipinski definition) is 2. The molecule has 0 amide bonds. The fourth-order valence-electron chi connectivity index (χ4n) is 3.14. The van der Waals surface area contributed by atoms with Crippen LogP contribution < -0.4 is 5.73 Å². The number of aliphatic imine (C=N–C) groups is 1. The first kappa shape index (κ1) is 27.2. The van der Waals surface area contributed by atoms with E-state index >= 15 is 0 Å². The second-order valence-corrected chi connectivity index (χ2v) is 11.8. The lowest BCUT2D eigenvalue weighted by molar-refractivity contribution is -0.129. The lowest BCUT2D eigenvalue weighted by atomic mass is 9.94. The summed E-state index contributed by atoms with van der Waals surface area (Å²) in [7, 11) is 0. The van der Waals surface area contributed by atoms with Crippen molar-refractivity contribution in [2.75, 3.05) is 0 Å². The predicted molar refractivity (Wildman–Crippen MR) is 146 cm³/mol. The Morgan fingerprint density at radius 2 is 1.86 bits per heavy atom. The number of nitrogens with zero attached hydrogens (tertiary/aromatic N) is 2. The Labute approximate surface area is 221 Å². The molecule has 35 heavy (non-hydrogen) atoms. The molecule has 0 atom stereocenters. The quantitative estimate of drug-likeness (QED) is 0.219. The van der Waals surface area contributed by atoms with Crippen molar-refractivity contribution >= 4 is 68.7 Å². The topological polar surface area (TPSA) is 88.6 Å². The number of thiazole rings is 1. The average Bonchev–Trinajstić information content (AvgIpc) is 3.16. The molecule has 3 aromatic rings. The molecule has 5 nitrogen and oxygen atoms in total. The second kappa shape index (κ2) is 11.6. The second-order valence-electron chi connectivity index (χ2n) is 8.19. The molecule has 1 aromatic heterocycles. The molecule has 0 radical (unpaired) electrons. The third-order valence-corrected chi connectivity index (χ3v) is 7.69. The van der Waals surface area contributed by atoms with Gasteiger partial charge in [-0.15, -0.1) is 11.8 Å². The number of carboxylic acids is 1. The smallest absolute Gasteiger partial charge is 0.355 e. The Morgan fingerprint density at radius 1 is 1.14 bits per heavy atom. The SMILES string of the molecule is CC(C)Sc1sc(N=C(C(=O)O)C(=C(N)C(C)C)c2cccc(F)c2)nc1-c1ccc(Cl)c(Cl)c1. The minimum Gasteiger partial charge on any atom is -0.476 e. The molecule has 0 unspecified atom stereocenters. The molecule has 0 saturated heterocycles. The van der Waals surface area contributed by atoms with E-state index in [0.29, 0.717) is 21.3 Å². The van der Waals surface area contributed by atoms with E-state index in [1.54, 1.807) is 36.0 Å². The van der Waals surface area contributed by atoms with Crippen LogP contribution in [0.3, 0.4) is 0 Å². The van der Waals surface area contributed by atoms with E-state index in [1.165, 1.54) is 29.5 Å². The van der Waals surface area contributed by atoms with Gasteiger partial charge in [0.05, 0.1) is 19.9 Å². The lowest BCUT2D eigenvalue weighted by Crippen LogP contribution is -2.21. The average molecular weight is 553 g/mol. The van der Waals surface area contributed by atoms with Crippen molar-refractivity contribution in [3.05, 3.63) is 69.6 Å². The van der Waals surface area contributed by atoms with Gasteiger partial charge in [-0.25, -0.2) is 19.2 Å². The van der Waals surface area contributed by atoms with Crippen molar-refractivity contribution in [2.45, 2.75) is 37.2 Å². The van der Waals surface area contributed by atoms with E-state index in [2.05, 4.69) is 9.98 Å². The minimum absolute atomic E-state index is 0.163. The van der Waals surface area contributed by atoms with Gasteiger partial charge in [0, 0.05) is 22.1 Å². The molecule has 0 fully saturated rings. The summed E-state index contributed by atoms with van der Waals surface area (Å²) < 4.78 is 14.9. The first-order valence-corrected chi connectivity index (χ1v) is 13.1. The lowest BCUT2D eigenvalue weighted by Gasteiger charge is -2.15. The predicted octanol–water partition coefficient (Wildman–Crippen LogP) is 7.94. The summed E-state index contributed by atoms with van der Waals surface area (Å²) in [6, 6.07) is 10.8. The molecule has 2 aromatic carbocycles. The van der Waals surface area contributed by atoms with Crippen LogP contribution in [0.15, 0.2) is 57.4 Å².